The highest BCUT2D eigenvalue weighted by Crippen LogP contribution is 2.26. The second-order valence-electron chi connectivity index (χ2n) is 6.34. The number of aromatic nitrogens is 3. The fourth-order valence-corrected chi connectivity index (χ4v) is 3.34. The highest BCUT2D eigenvalue weighted by molar-refractivity contribution is 5.79. The van der Waals surface area contributed by atoms with Crippen LogP contribution in [0.1, 0.15) is 36.7 Å². The first kappa shape index (κ1) is 15.7. The lowest BCUT2D eigenvalue weighted by atomic mass is 9.83. The minimum absolute atomic E-state index is 0.0810. The van der Waals surface area contributed by atoms with E-state index < -0.39 is 0 Å². The summed E-state index contributed by atoms with van der Waals surface area (Å²) in [4.78, 5) is 14.6. The summed E-state index contributed by atoms with van der Waals surface area (Å²) in [6, 6.07) is 8.45. The second kappa shape index (κ2) is 6.94. The van der Waals surface area contributed by atoms with Crippen molar-refractivity contribution in [3.63, 3.8) is 0 Å². The number of carbonyl (C=O) groups excluding carboxylic acids is 1. The number of hydrogen-bond donors (Lipinski definition) is 0. The molecule has 0 saturated heterocycles. The molecule has 1 amide bonds. The quantitative estimate of drug-likeness (QED) is 0.852. The molecule has 0 saturated carbocycles. The number of amides is 1. The van der Waals surface area contributed by atoms with Crippen LogP contribution in [0.5, 0.6) is 0 Å². The van der Waals surface area contributed by atoms with Crippen LogP contribution in [0.15, 0.2) is 30.6 Å². The number of hydrogen-bond acceptors (Lipinski definition) is 3. The standard InChI is InChI=1S/C18H24N4O/c1-3-10-22-13-19-20-17(22)12-21(2)18(23)16-9-8-14-6-4-5-7-15(14)11-16/h4-7,13,16H,3,8-12H2,1-2H3/t16-/m0/s1. The molecule has 3 rings (SSSR count). The summed E-state index contributed by atoms with van der Waals surface area (Å²) in [7, 11) is 1.87. The van der Waals surface area contributed by atoms with Crippen LogP contribution in [-0.4, -0.2) is 32.6 Å². The molecule has 1 aromatic carbocycles. The van der Waals surface area contributed by atoms with Gasteiger partial charge in [0.1, 0.15) is 6.33 Å². The minimum atomic E-state index is 0.0810. The molecule has 1 atom stereocenters. The van der Waals surface area contributed by atoms with Gasteiger partial charge in [-0.3, -0.25) is 4.79 Å². The average Bonchev–Trinajstić information content (AvgIpc) is 3.01. The van der Waals surface area contributed by atoms with Crippen LogP contribution in [0.25, 0.3) is 0 Å². The van der Waals surface area contributed by atoms with E-state index in [0.717, 1.165) is 38.1 Å². The van der Waals surface area contributed by atoms with Gasteiger partial charge < -0.3 is 9.47 Å². The van der Waals surface area contributed by atoms with Crippen LogP contribution in [0.4, 0.5) is 0 Å². The monoisotopic (exact) mass is 312 g/mol. The van der Waals surface area contributed by atoms with Crippen LogP contribution < -0.4 is 0 Å². The zero-order valence-corrected chi connectivity index (χ0v) is 13.9. The van der Waals surface area contributed by atoms with Crippen molar-refractivity contribution in [2.24, 2.45) is 5.92 Å². The van der Waals surface area contributed by atoms with Crippen molar-refractivity contribution in [2.75, 3.05) is 7.05 Å². The Hall–Kier alpha value is -2.17. The highest BCUT2D eigenvalue weighted by Gasteiger charge is 2.27. The van der Waals surface area contributed by atoms with E-state index in [9.17, 15) is 4.79 Å². The van der Waals surface area contributed by atoms with Gasteiger partial charge in [0, 0.05) is 19.5 Å². The minimum Gasteiger partial charge on any atom is -0.338 e. The number of nitrogens with zero attached hydrogens (tertiary/aromatic N) is 4. The third kappa shape index (κ3) is 3.44. The molecule has 0 spiro atoms. The largest absolute Gasteiger partial charge is 0.338 e. The van der Waals surface area contributed by atoms with Gasteiger partial charge in [0.2, 0.25) is 5.91 Å². The second-order valence-corrected chi connectivity index (χ2v) is 6.34. The highest BCUT2D eigenvalue weighted by atomic mass is 16.2. The molecule has 2 aromatic rings. The zero-order valence-electron chi connectivity index (χ0n) is 13.9. The normalized spacial score (nSPS) is 16.9. The molecule has 5 nitrogen and oxygen atoms in total. The van der Waals surface area contributed by atoms with Gasteiger partial charge in [-0.15, -0.1) is 10.2 Å². The summed E-state index contributed by atoms with van der Waals surface area (Å²) in [6.45, 7) is 3.54. The van der Waals surface area contributed by atoms with Gasteiger partial charge in [0.05, 0.1) is 6.54 Å². The van der Waals surface area contributed by atoms with E-state index in [4.69, 9.17) is 0 Å². The Morgan fingerprint density at radius 1 is 1.35 bits per heavy atom. The van der Waals surface area contributed by atoms with Crippen LogP contribution >= 0.6 is 0 Å². The summed E-state index contributed by atoms with van der Waals surface area (Å²) >= 11 is 0. The van der Waals surface area contributed by atoms with Gasteiger partial charge in [0.15, 0.2) is 5.82 Å². The maximum Gasteiger partial charge on any atom is 0.226 e. The fourth-order valence-electron chi connectivity index (χ4n) is 3.34. The molecule has 1 heterocycles. The van der Waals surface area contributed by atoms with Crippen molar-refractivity contribution >= 4 is 5.91 Å². The topological polar surface area (TPSA) is 51.0 Å². The molecule has 0 unspecified atom stereocenters. The molecule has 1 aliphatic rings. The van der Waals surface area contributed by atoms with Gasteiger partial charge >= 0.3 is 0 Å². The third-order valence-corrected chi connectivity index (χ3v) is 4.61. The molecule has 0 bridgehead atoms. The maximum absolute atomic E-state index is 12.8. The molecule has 0 aliphatic heterocycles. The summed E-state index contributed by atoms with van der Waals surface area (Å²) in [5, 5.41) is 8.13. The zero-order chi connectivity index (χ0) is 16.2. The smallest absolute Gasteiger partial charge is 0.226 e. The molecule has 5 heteroatoms. The Morgan fingerprint density at radius 3 is 2.91 bits per heavy atom. The molecule has 1 aromatic heterocycles. The molecule has 0 fully saturated rings. The Labute approximate surface area is 137 Å². The van der Waals surface area contributed by atoms with Crippen molar-refractivity contribution in [3.05, 3.63) is 47.5 Å². The van der Waals surface area contributed by atoms with E-state index in [1.54, 1.807) is 11.2 Å². The Balaban J connectivity index is 1.65. The Kier molecular flexibility index (Phi) is 4.74. The molecule has 0 N–H and O–H groups in total. The van der Waals surface area contributed by atoms with Crippen LogP contribution in [0.2, 0.25) is 0 Å². The van der Waals surface area contributed by atoms with Crippen molar-refractivity contribution in [1.29, 1.82) is 0 Å². The molecule has 122 valence electrons. The predicted octanol–water partition coefficient (Wildman–Crippen LogP) is 2.45. The molecular formula is C18H24N4O. The number of benzene rings is 1. The third-order valence-electron chi connectivity index (χ3n) is 4.61. The number of aryl methyl sites for hydroxylation is 2. The first-order valence-corrected chi connectivity index (χ1v) is 8.37. The number of carbonyl (C=O) groups is 1. The summed E-state index contributed by atoms with van der Waals surface area (Å²) in [5.74, 6) is 1.15. The van der Waals surface area contributed by atoms with Crippen LogP contribution in [0, 0.1) is 5.92 Å². The first-order chi connectivity index (χ1) is 11.2. The van der Waals surface area contributed by atoms with E-state index in [2.05, 4.69) is 41.4 Å². The summed E-state index contributed by atoms with van der Waals surface area (Å²) in [5.41, 5.74) is 2.71. The van der Waals surface area contributed by atoms with Gasteiger partial charge in [-0.25, -0.2) is 0 Å². The van der Waals surface area contributed by atoms with Crippen molar-refractivity contribution in [1.82, 2.24) is 19.7 Å². The average molecular weight is 312 g/mol. The lowest BCUT2D eigenvalue weighted by molar-refractivity contribution is -0.135. The van der Waals surface area contributed by atoms with Crippen molar-refractivity contribution in [2.45, 2.75) is 45.7 Å². The van der Waals surface area contributed by atoms with Gasteiger partial charge in [0.25, 0.3) is 0 Å². The van der Waals surface area contributed by atoms with E-state index in [1.807, 2.05) is 11.6 Å². The van der Waals surface area contributed by atoms with Gasteiger partial charge in [-0.05, 0) is 36.8 Å². The lowest BCUT2D eigenvalue weighted by Crippen LogP contribution is -2.36. The fraction of sp³-hybridized carbons (Fsp3) is 0.500. The Morgan fingerprint density at radius 2 is 2.13 bits per heavy atom. The molecule has 1 aliphatic carbocycles. The Bertz CT molecular complexity index is 679. The van der Waals surface area contributed by atoms with Crippen molar-refractivity contribution in [3.8, 4) is 0 Å². The van der Waals surface area contributed by atoms with Gasteiger partial charge in [-0.1, -0.05) is 31.2 Å². The molecule has 0 radical (unpaired) electrons. The SMILES string of the molecule is CCCn1cnnc1CN(C)C(=O)[C@H]1CCc2ccccc2C1. The van der Waals surface area contributed by atoms with E-state index in [0.29, 0.717) is 6.54 Å². The lowest BCUT2D eigenvalue weighted by Gasteiger charge is -2.27. The first-order valence-electron chi connectivity index (χ1n) is 8.37. The summed E-state index contributed by atoms with van der Waals surface area (Å²) in [6.07, 6.45) is 5.55. The number of rotatable bonds is 5. The number of fused-ring (bicyclic) bond motifs is 1. The predicted molar refractivity (Wildman–Crippen MR) is 88.7 cm³/mol. The van der Waals surface area contributed by atoms with Crippen LogP contribution in [-0.2, 0) is 30.7 Å². The van der Waals surface area contributed by atoms with Crippen LogP contribution in [0.3, 0.4) is 0 Å². The maximum atomic E-state index is 12.8. The summed E-state index contributed by atoms with van der Waals surface area (Å²) < 4.78 is 2.03. The molecule has 23 heavy (non-hydrogen) atoms. The molecular weight excluding hydrogens is 288 g/mol. The van der Waals surface area contributed by atoms with E-state index >= 15 is 0 Å². The van der Waals surface area contributed by atoms with E-state index in [-0.39, 0.29) is 11.8 Å². The van der Waals surface area contributed by atoms with E-state index in [1.165, 1.54) is 11.1 Å². The van der Waals surface area contributed by atoms with Crippen molar-refractivity contribution < 1.29 is 4.79 Å². The van der Waals surface area contributed by atoms with Gasteiger partial charge in [-0.2, -0.15) is 0 Å².